The molecule has 4 aliphatic carbocycles. The maximum atomic E-state index is 2.40. The number of unbranched alkanes of at least 4 members (excludes halogenated alkanes) is 1. The van der Waals surface area contributed by atoms with E-state index in [0.717, 1.165) is 22.7 Å². The Morgan fingerprint density at radius 3 is 1.90 bits per heavy atom. The van der Waals surface area contributed by atoms with E-state index in [4.69, 9.17) is 0 Å². The molecule has 0 heterocycles. The van der Waals surface area contributed by atoms with Gasteiger partial charge in [-0.2, -0.15) is 0 Å². The molecule has 116 valence electrons. The van der Waals surface area contributed by atoms with Crippen molar-refractivity contribution >= 4 is 0 Å². The van der Waals surface area contributed by atoms with Crippen LogP contribution in [0.25, 0.3) is 0 Å². The lowest BCUT2D eigenvalue weighted by Gasteiger charge is -2.58. The lowest BCUT2D eigenvalue weighted by molar-refractivity contribution is -0.0651. The minimum absolute atomic E-state index is 0.804. The number of hydrogen-bond donors (Lipinski definition) is 0. The largest absolute Gasteiger partial charge is 0.0654 e. The van der Waals surface area contributed by atoms with Gasteiger partial charge >= 0.3 is 0 Å². The van der Waals surface area contributed by atoms with Gasteiger partial charge in [0.05, 0.1) is 0 Å². The summed E-state index contributed by atoms with van der Waals surface area (Å²) in [5.74, 6) is 2.17. The zero-order chi connectivity index (χ0) is 14.1. The molecule has 0 atom stereocenters. The van der Waals surface area contributed by atoms with Crippen LogP contribution in [0, 0.1) is 22.7 Å². The molecule has 0 aromatic carbocycles. The highest BCUT2D eigenvalue weighted by atomic mass is 14.6. The van der Waals surface area contributed by atoms with Crippen molar-refractivity contribution in [1.82, 2.24) is 0 Å². The van der Waals surface area contributed by atoms with E-state index in [-0.39, 0.29) is 0 Å². The average Bonchev–Trinajstić information content (AvgIpc) is 2.55. The van der Waals surface area contributed by atoms with Gasteiger partial charge in [0.15, 0.2) is 0 Å². The molecule has 4 saturated carbocycles. The summed E-state index contributed by atoms with van der Waals surface area (Å²) in [7, 11) is 0. The van der Waals surface area contributed by atoms with Gasteiger partial charge < -0.3 is 0 Å². The minimum atomic E-state index is 0.804. The third kappa shape index (κ3) is 2.69. The first-order chi connectivity index (χ1) is 9.72. The standard InChI is InChI=1S/C20H36/c1-3-5-10-19-11-14-20(15-12-19,16-13-19)18-8-6-17(4-2)7-9-18/h17-18H,3-16H2,1-2H3/t17-,18-,19?,20?. The first-order valence-electron chi connectivity index (χ1n) is 9.72. The third-order valence-corrected chi connectivity index (χ3v) is 7.81. The molecule has 0 nitrogen and oxygen atoms in total. The molecular formula is C20H36. The number of rotatable bonds is 5. The summed E-state index contributed by atoms with van der Waals surface area (Å²) in [5.41, 5.74) is 1.62. The van der Waals surface area contributed by atoms with Gasteiger partial charge in [0.25, 0.3) is 0 Å². The molecule has 0 aromatic rings. The quantitative estimate of drug-likeness (QED) is 0.522. The molecule has 0 aliphatic heterocycles. The Balaban J connectivity index is 1.58. The maximum Gasteiger partial charge on any atom is -0.0269 e. The molecule has 2 bridgehead atoms. The Morgan fingerprint density at radius 1 is 0.800 bits per heavy atom. The van der Waals surface area contributed by atoms with E-state index in [1.807, 2.05) is 0 Å². The highest BCUT2D eigenvalue weighted by Crippen LogP contribution is 2.63. The van der Waals surface area contributed by atoms with Crippen LogP contribution < -0.4 is 0 Å². The summed E-state index contributed by atoms with van der Waals surface area (Å²) in [4.78, 5) is 0. The molecule has 0 aromatic heterocycles. The summed E-state index contributed by atoms with van der Waals surface area (Å²) in [6.45, 7) is 4.76. The normalized spacial score (nSPS) is 44.7. The van der Waals surface area contributed by atoms with Crippen LogP contribution in [-0.4, -0.2) is 0 Å². The predicted octanol–water partition coefficient (Wildman–Crippen LogP) is 6.73. The van der Waals surface area contributed by atoms with Gasteiger partial charge in [0, 0.05) is 0 Å². The van der Waals surface area contributed by atoms with Crippen molar-refractivity contribution in [2.75, 3.05) is 0 Å². The summed E-state index contributed by atoms with van der Waals surface area (Å²) in [6, 6.07) is 0. The van der Waals surface area contributed by atoms with Crippen LogP contribution in [0.2, 0.25) is 0 Å². The van der Waals surface area contributed by atoms with Crippen LogP contribution in [0.5, 0.6) is 0 Å². The third-order valence-electron chi connectivity index (χ3n) is 7.81. The Morgan fingerprint density at radius 2 is 1.40 bits per heavy atom. The van der Waals surface area contributed by atoms with Crippen molar-refractivity contribution in [3.05, 3.63) is 0 Å². The van der Waals surface area contributed by atoms with Gasteiger partial charge in [-0.05, 0) is 80.5 Å². The molecule has 0 N–H and O–H groups in total. The number of fused-ring (bicyclic) bond motifs is 3. The van der Waals surface area contributed by atoms with Crippen molar-refractivity contribution in [3.8, 4) is 0 Å². The van der Waals surface area contributed by atoms with Crippen molar-refractivity contribution in [2.45, 2.75) is 104 Å². The van der Waals surface area contributed by atoms with Crippen LogP contribution in [-0.2, 0) is 0 Å². The van der Waals surface area contributed by atoms with Gasteiger partial charge in [-0.1, -0.05) is 46.0 Å². The zero-order valence-corrected chi connectivity index (χ0v) is 14.1. The second-order valence-electron chi connectivity index (χ2n) is 8.59. The average molecular weight is 277 g/mol. The Labute approximate surface area is 127 Å². The van der Waals surface area contributed by atoms with E-state index in [9.17, 15) is 0 Å². The molecule has 4 aliphatic rings. The Kier molecular flexibility index (Phi) is 4.48. The molecule has 0 spiro atoms. The fourth-order valence-corrected chi connectivity index (χ4v) is 6.01. The van der Waals surface area contributed by atoms with Crippen LogP contribution in [0.3, 0.4) is 0 Å². The van der Waals surface area contributed by atoms with E-state index < -0.39 is 0 Å². The first-order valence-corrected chi connectivity index (χ1v) is 9.72. The zero-order valence-electron chi connectivity index (χ0n) is 14.1. The molecule has 20 heavy (non-hydrogen) atoms. The topological polar surface area (TPSA) is 0 Å². The van der Waals surface area contributed by atoms with E-state index in [0.29, 0.717) is 0 Å². The molecule has 4 fully saturated rings. The first kappa shape index (κ1) is 14.9. The lowest BCUT2D eigenvalue weighted by Crippen LogP contribution is -2.46. The summed E-state index contributed by atoms with van der Waals surface area (Å²) >= 11 is 0. The second kappa shape index (κ2) is 6.01. The SMILES string of the molecule is CCCCC12CCC([C@H]3CC[C@H](CC)CC3)(CC1)CC2. The van der Waals surface area contributed by atoms with Gasteiger partial charge in [-0.15, -0.1) is 0 Å². The van der Waals surface area contributed by atoms with Crippen LogP contribution in [0.1, 0.15) is 104 Å². The maximum absolute atomic E-state index is 2.40. The summed E-state index contributed by atoms with van der Waals surface area (Å²) in [6.07, 6.45) is 21.6. The van der Waals surface area contributed by atoms with Gasteiger partial charge in [0.1, 0.15) is 0 Å². The van der Waals surface area contributed by atoms with E-state index in [1.54, 1.807) is 70.6 Å². The van der Waals surface area contributed by atoms with Gasteiger partial charge in [-0.3, -0.25) is 0 Å². The van der Waals surface area contributed by atoms with Crippen molar-refractivity contribution in [3.63, 3.8) is 0 Å². The molecule has 0 radical (unpaired) electrons. The second-order valence-corrected chi connectivity index (χ2v) is 8.59. The Hall–Kier alpha value is 0. The van der Waals surface area contributed by atoms with Crippen molar-refractivity contribution in [1.29, 1.82) is 0 Å². The molecule has 4 rings (SSSR count). The monoisotopic (exact) mass is 276 g/mol. The molecular weight excluding hydrogens is 240 g/mol. The van der Waals surface area contributed by atoms with Gasteiger partial charge in [-0.25, -0.2) is 0 Å². The summed E-state index contributed by atoms with van der Waals surface area (Å²) < 4.78 is 0. The highest BCUT2D eigenvalue weighted by molar-refractivity contribution is 5.02. The van der Waals surface area contributed by atoms with Crippen molar-refractivity contribution in [2.24, 2.45) is 22.7 Å². The molecule has 0 saturated heterocycles. The fraction of sp³-hybridized carbons (Fsp3) is 1.00. The summed E-state index contributed by atoms with van der Waals surface area (Å²) in [5, 5.41) is 0. The van der Waals surface area contributed by atoms with Gasteiger partial charge in [0.2, 0.25) is 0 Å². The minimum Gasteiger partial charge on any atom is -0.0654 e. The van der Waals surface area contributed by atoms with E-state index in [2.05, 4.69) is 13.8 Å². The van der Waals surface area contributed by atoms with E-state index >= 15 is 0 Å². The van der Waals surface area contributed by atoms with Crippen LogP contribution in [0.15, 0.2) is 0 Å². The van der Waals surface area contributed by atoms with E-state index in [1.165, 1.54) is 19.3 Å². The van der Waals surface area contributed by atoms with Crippen LogP contribution in [0.4, 0.5) is 0 Å². The fourth-order valence-electron chi connectivity index (χ4n) is 6.01. The molecule has 0 unspecified atom stereocenters. The number of hydrogen-bond acceptors (Lipinski definition) is 0. The highest BCUT2D eigenvalue weighted by Gasteiger charge is 2.51. The smallest absolute Gasteiger partial charge is 0.0269 e. The van der Waals surface area contributed by atoms with Crippen LogP contribution >= 0.6 is 0 Å². The Bertz CT molecular complexity index is 283. The lowest BCUT2D eigenvalue weighted by atomic mass is 9.47. The molecule has 0 amide bonds. The predicted molar refractivity (Wildman–Crippen MR) is 87.8 cm³/mol. The van der Waals surface area contributed by atoms with Crippen molar-refractivity contribution < 1.29 is 0 Å². The molecule has 0 heteroatoms.